The molecule has 1 aromatic carbocycles. The van der Waals surface area contributed by atoms with Gasteiger partial charge >= 0.3 is 0 Å². The van der Waals surface area contributed by atoms with Crippen molar-refractivity contribution in [1.82, 2.24) is 30.4 Å². The number of benzene rings is 1. The lowest BCUT2D eigenvalue weighted by Crippen LogP contribution is -2.31. The van der Waals surface area contributed by atoms with Gasteiger partial charge in [-0.05, 0) is 37.1 Å². The first kappa shape index (κ1) is 32.7. The van der Waals surface area contributed by atoms with Crippen LogP contribution in [0.25, 0.3) is 0 Å². The zero-order valence-electron chi connectivity index (χ0n) is 23.8. The first-order chi connectivity index (χ1) is 20.8. The maximum atomic E-state index is 12.5. The molecular weight excluding hydrogens is 580 g/mol. The molecule has 0 aliphatic carbocycles. The van der Waals surface area contributed by atoms with E-state index in [1.54, 1.807) is 0 Å². The SMILES string of the molecule is Cn1ccc(C(=O)NCCCNC(=O)c2ccc(C(=O)NCCCNC(=O)c3ccn(C)c(=O)c3O)c(O)c2O)c(O)c1=O. The smallest absolute Gasteiger partial charge is 0.293 e. The summed E-state index contributed by atoms with van der Waals surface area (Å²) in [6.07, 6.45) is 3.18. The molecule has 16 nitrogen and oxygen atoms in total. The number of nitrogens with zero attached hydrogens (tertiary/aromatic N) is 2. The molecule has 0 bridgehead atoms. The van der Waals surface area contributed by atoms with Crippen LogP contribution in [0.4, 0.5) is 0 Å². The van der Waals surface area contributed by atoms with E-state index in [0.29, 0.717) is 0 Å². The monoisotopic (exact) mass is 612 g/mol. The van der Waals surface area contributed by atoms with E-state index in [0.717, 1.165) is 21.3 Å². The molecular formula is C28H32N6O10. The van der Waals surface area contributed by atoms with Crippen molar-refractivity contribution in [1.29, 1.82) is 0 Å². The molecule has 3 aromatic rings. The minimum atomic E-state index is -0.814. The maximum Gasteiger partial charge on any atom is 0.293 e. The Labute approximate surface area is 249 Å². The van der Waals surface area contributed by atoms with Crippen molar-refractivity contribution < 1.29 is 39.6 Å². The number of carbonyl (C=O) groups is 4. The lowest BCUT2D eigenvalue weighted by Gasteiger charge is -2.12. The Morgan fingerprint density at radius 1 is 0.523 bits per heavy atom. The summed E-state index contributed by atoms with van der Waals surface area (Å²) in [5, 5.41) is 50.3. The van der Waals surface area contributed by atoms with Gasteiger partial charge in [0.15, 0.2) is 23.0 Å². The Morgan fingerprint density at radius 3 is 1.09 bits per heavy atom. The molecule has 16 heteroatoms. The molecule has 3 rings (SSSR count). The van der Waals surface area contributed by atoms with Crippen LogP contribution in [0.3, 0.4) is 0 Å². The standard InChI is InChI=1S/C28H32N6O10/c1-33-13-7-17(21(37)27(33)43)25(41)31-11-3-9-29-23(39)15-5-6-16(20(36)19(15)35)24(40)30-10-4-12-32-26(42)18-8-14-34(2)28(44)22(18)38/h5-8,13-14,35-38H,3-4,9-12H2,1-2H3,(H,29,39)(H,30,40)(H,31,41)(H,32,42). The molecule has 2 aromatic heterocycles. The number of amides is 4. The zero-order valence-corrected chi connectivity index (χ0v) is 23.8. The number of hydrogen-bond acceptors (Lipinski definition) is 10. The van der Waals surface area contributed by atoms with Crippen LogP contribution in [-0.2, 0) is 14.1 Å². The molecule has 0 fully saturated rings. The molecule has 234 valence electrons. The third-order valence-electron chi connectivity index (χ3n) is 6.46. The number of hydrogen-bond donors (Lipinski definition) is 8. The van der Waals surface area contributed by atoms with Crippen LogP contribution >= 0.6 is 0 Å². The van der Waals surface area contributed by atoms with Gasteiger partial charge in [-0.1, -0.05) is 0 Å². The van der Waals surface area contributed by atoms with Crippen LogP contribution in [0.1, 0.15) is 54.3 Å². The fraction of sp³-hybridized carbons (Fsp3) is 0.286. The van der Waals surface area contributed by atoms with Crippen LogP contribution in [-0.4, -0.2) is 79.4 Å². The molecule has 44 heavy (non-hydrogen) atoms. The number of aryl methyl sites for hydroxylation is 2. The van der Waals surface area contributed by atoms with Crippen LogP contribution in [0.5, 0.6) is 23.0 Å². The predicted molar refractivity (Wildman–Crippen MR) is 155 cm³/mol. The van der Waals surface area contributed by atoms with E-state index in [1.165, 1.54) is 38.6 Å². The molecule has 8 N–H and O–H groups in total. The van der Waals surface area contributed by atoms with Gasteiger partial charge in [0.1, 0.15) is 0 Å². The summed E-state index contributed by atoms with van der Waals surface area (Å²) < 4.78 is 2.23. The normalized spacial score (nSPS) is 10.6. The third kappa shape index (κ3) is 7.53. The molecule has 0 aliphatic rings. The van der Waals surface area contributed by atoms with E-state index in [2.05, 4.69) is 21.3 Å². The first-order valence-corrected chi connectivity index (χ1v) is 13.3. The van der Waals surface area contributed by atoms with E-state index >= 15 is 0 Å². The van der Waals surface area contributed by atoms with E-state index < -0.39 is 57.7 Å². The van der Waals surface area contributed by atoms with E-state index in [-0.39, 0.29) is 61.3 Å². The van der Waals surface area contributed by atoms with Crippen molar-refractivity contribution in [2.45, 2.75) is 12.8 Å². The van der Waals surface area contributed by atoms with E-state index in [9.17, 15) is 49.2 Å². The minimum absolute atomic E-state index is 0.0567. The molecule has 4 amide bonds. The van der Waals surface area contributed by atoms with Gasteiger partial charge in [0.05, 0.1) is 22.3 Å². The number of rotatable bonds is 12. The number of phenolic OH excluding ortho intramolecular Hbond substituents is 2. The molecule has 0 unspecified atom stereocenters. The highest BCUT2D eigenvalue weighted by atomic mass is 16.3. The molecule has 0 atom stereocenters. The Morgan fingerprint density at radius 2 is 0.795 bits per heavy atom. The number of phenols is 2. The van der Waals surface area contributed by atoms with Gasteiger partial charge in [-0.25, -0.2) is 0 Å². The topological polar surface area (TPSA) is 241 Å². The van der Waals surface area contributed by atoms with Gasteiger partial charge in [-0.3, -0.25) is 28.8 Å². The average molecular weight is 613 g/mol. The maximum absolute atomic E-state index is 12.5. The molecule has 0 saturated carbocycles. The number of aromatic nitrogens is 2. The van der Waals surface area contributed by atoms with Crippen molar-refractivity contribution in [2.75, 3.05) is 26.2 Å². The Kier molecular flexibility index (Phi) is 10.7. The van der Waals surface area contributed by atoms with Gasteiger partial charge < -0.3 is 50.8 Å². The van der Waals surface area contributed by atoms with Crippen LogP contribution in [0.2, 0.25) is 0 Å². The summed E-state index contributed by atoms with van der Waals surface area (Å²) in [6, 6.07) is 4.88. The molecule has 0 saturated heterocycles. The molecule has 2 heterocycles. The number of nitrogens with one attached hydrogen (secondary N) is 4. The fourth-order valence-electron chi connectivity index (χ4n) is 3.91. The predicted octanol–water partition coefficient (Wildman–Crippen LogP) is -0.994. The van der Waals surface area contributed by atoms with Crippen molar-refractivity contribution in [2.24, 2.45) is 14.1 Å². The Hall–Kier alpha value is -5.80. The third-order valence-corrected chi connectivity index (χ3v) is 6.46. The molecule has 0 spiro atoms. The quantitative estimate of drug-likeness (QED) is 0.0917. The minimum Gasteiger partial charge on any atom is -0.504 e. The van der Waals surface area contributed by atoms with Crippen LogP contribution < -0.4 is 32.4 Å². The summed E-state index contributed by atoms with van der Waals surface area (Å²) in [5.74, 6) is -5.84. The van der Waals surface area contributed by atoms with Gasteiger partial charge in [0, 0.05) is 52.7 Å². The first-order valence-electron chi connectivity index (χ1n) is 13.3. The fourth-order valence-corrected chi connectivity index (χ4v) is 3.91. The van der Waals surface area contributed by atoms with Crippen molar-refractivity contribution in [3.63, 3.8) is 0 Å². The second-order valence-corrected chi connectivity index (χ2v) is 9.58. The number of carbonyl (C=O) groups excluding carboxylic acids is 4. The lowest BCUT2D eigenvalue weighted by atomic mass is 10.1. The number of aromatic hydroxyl groups is 4. The van der Waals surface area contributed by atoms with Crippen LogP contribution in [0.15, 0.2) is 46.2 Å². The highest BCUT2D eigenvalue weighted by Crippen LogP contribution is 2.32. The second kappa shape index (κ2) is 14.4. The highest BCUT2D eigenvalue weighted by Gasteiger charge is 2.21. The Bertz CT molecular complexity index is 1590. The van der Waals surface area contributed by atoms with E-state index in [4.69, 9.17) is 0 Å². The van der Waals surface area contributed by atoms with Crippen molar-refractivity contribution in [3.05, 3.63) is 79.6 Å². The summed E-state index contributed by atoms with van der Waals surface area (Å²) >= 11 is 0. The molecule has 0 radical (unpaired) electrons. The van der Waals surface area contributed by atoms with Crippen LogP contribution in [0, 0.1) is 0 Å². The highest BCUT2D eigenvalue weighted by molar-refractivity contribution is 6.03. The largest absolute Gasteiger partial charge is 0.504 e. The van der Waals surface area contributed by atoms with Crippen molar-refractivity contribution in [3.8, 4) is 23.0 Å². The summed E-state index contributed by atoms with van der Waals surface area (Å²) in [4.78, 5) is 72.8. The van der Waals surface area contributed by atoms with Gasteiger partial charge in [0.2, 0.25) is 0 Å². The molecule has 0 aliphatic heterocycles. The summed E-state index contributed by atoms with van der Waals surface area (Å²) in [7, 11) is 2.85. The van der Waals surface area contributed by atoms with Gasteiger partial charge in [-0.15, -0.1) is 0 Å². The Balaban J connectivity index is 1.43. The van der Waals surface area contributed by atoms with Crippen molar-refractivity contribution >= 4 is 23.6 Å². The van der Waals surface area contributed by atoms with Gasteiger partial charge in [0.25, 0.3) is 34.7 Å². The number of pyridine rings is 2. The summed E-state index contributed by atoms with van der Waals surface area (Å²) in [5.41, 5.74) is -2.41. The summed E-state index contributed by atoms with van der Waals surface area (Å²) in [6.45, 7) is 0.285. The zero-order chi connectivity index (χ0) is 32.6. The van der Waals surface area contributed by atoms with E-state index in [1.807, 2.05) is 0 Å². The van der Waals surface area contributed by atoms with Gasteiger partial charge in [-0.2, -0.15) is 0 Å². The second-order valence-electron chi connectivity index (χ2n) is 9.58. The average Bonchev–Trinajstić information content (AvgIpc) is 2.99. The lowest BCUT2D eigenvalue weighted by molar-refractivity contribution is 0.0928.